The summed E-state index contributed by atoms with van der Waals surface area (Å²) in [6, 6.07) is 30.1. The van der Waals surface area contributed by atoms with Crippen molar-refractivity contribution in [2.45, 2.75) is 24.8 Å². The molecule has 0 N–H and O–H groups in total. The van der Waals surface area contributed by atoms with Crippen molar-refractivity contribution in [2.75, 3.05) is 0 Å². The first-order chi connectivity index (χ1) is 14.3. The Hall–Kier alpha value is -3.46. The summed E-state index contributed by atoms with van der Waals surface area (Å²) in [5, 5.41) is 11.4. The van der Waals surface area contributed by atoms with Gasteiger partial charge in [-0.05, 0) is 23.3 Å². The second kappa shape index (κ2) is 8.70. The molecule has 1 aliphatic heterocycles. The third kappa shape index (κ3) is 4.19. The number of hydrogen-bond acceptors (Lipinski definition) is 5. The van der Waals surface area contributed by atoms with Gasteiger partial charge in [0.05, 0.1) is 12.1 Å². The summed E-state index contributed by atoms with van der Waals surface area (Å²) in [5.74, 6) is -0.470. The highest BCUT2D eigenvalue weighted by Crippen LogP contribution is 2.38. The van der Waals surface area contributed by atoms with Crippen molar-refractivity contribution in [3.05, 3.63) is 108 Å². The van der Waals surface area contributed by atoms with Gasteiger partial charge in [0.15, 0.2) is 6.10 Å². The van der Waals surface area contributed by atoms with E-state index in [-0.39, 0.29) is 0 Å². The molecule has 0 aliphatic carbocycles. The minimum atomic E-state index is -0.892. The summed E-state index contributed by atoms with van der Waals surface area (Å²) in [6.07, 6.45) is -1.64. The first-order valence-electron chi connectivity index (χ1n) is 9.44. The number of carbonyl (C=O) groups is 1. The largest absolute Gasteiger partial charge is 0.453 e. The topological polar surface area (TPSA) is 62.6 Å². The number of nitrogens with zero attached hydrogens (tertiary/aromatic N) is 2. The predicted molar refractivity (Wildman–Crippen MR) is 107 cm³/mol. The van der Waals surface area contributed by atoms with Crippen LogP contribution in [-0.4, -0.2) is 23.2 Å². The van der Waals surface area contributed by atoms with Gasteiger partial charge in [-0.1, -0.05) is 78.9 Å². The van der Waals surface area contributed by atoms with Crippen LogP contribution in [0.5, 0.6) is 0 Å². The molecule has 4 rings (SSSR count). The van der Waals surface area contributed by atoms with Crippen molar-refractivity contribution in [2.24, 2.45) is 0 Å². The Morgan fingerprint density at radius 1 is 0.931 bits per heavy atom. The number of hydroxylamine groups is 2. The molecule has 144 valence electrons. The average Bonchev–Trinajstić information content (AvgIpc) is 3.12. The van der Waals surface area contributed by atoms with E-state index in [0.29, 0.717) is 12.1 Å². The Balaban J connectivity index is 1.65. The average molecular weight is 384 g/mol. The highest BCUT2D eigenvalue weighted by Gasteiger charge is 2.47. The van der Waals surface area contributed by atoms with Crippen molar-refractivity contribution < 1.29 is 14.4 Å². The van der Waals surface area contributed by atoms with Gasteiger partial charge in [-0.2, -0.15) is 10.3 Å². The zero-order chi connectivity index (χ0) is 20.1. The van der Waals surface area contributed by atoms with Gasteiger partial charge >= 0.3 is 5.97 Å². The minimum Gasteiger partial charge on any atom is -0.453 e. The van der Waals surface area contributed by atoms with E-state index in [1.807, 2.05) is 66.7 Å². The van der Waals surface area contributed by atoms with Crippen LogP contribution in [-0.2, 0) is 16.1 Å². The maximum atomic E-state index is 12.7. The van der Waals surface area contributed by atoms with Gasteiger partial charge in [0, 0.05) is 0 Å². The van der Waals surface area contributed by atoms with Crippen molar-refractivity contribution in [3.8, 4) is 6.07 Å². The smallest absolute Gasteiger partial charge is 0.338 e. The molecule has 5 nitrogen and oxygen atoms in total. The SMILES string of the molecule is N#C[C@@H]1ON(Cc2ccccc2)[C@@H](c2ccccc2)[C@@H]1OC(=O)c1ccccc1. The van der Waals surface area contributed by atoms with Crippen molar-refractivity contribution in [1.82, 2.24) is 5.06 Å². The Kier molecular flexibility index (Phi) is 5.66. The molecule has 1 saturated heterocycles. The highest BCUT2D eigenvalue weighted by molar-refractivity contribution is 5.89. The summed E-state index contributed by atoms with van der Waals surface area (Å²) in [7, 11) is 0. The van der Waals surface area contributed by atoms with Crippen LogP contribution in [0.4, 0.5) is 0 Å². The number of ether oxygens (including phenoxy) is 1. The normalized spacial score (nSPS) is 21.4. The summed E-state index contributed by atoms with van der Waals surface area (Å²) in [5.41, 5.74) is 2.41. The van der Waals surface area contributed by atoms with E-state index in [4.69, 9.17) is 9.57 Å². The lowest BCUT2D eigenvalue weighted by Crippen LogP contribution is -2.32. The number of rotatable bonds is 5. The maximum Gasteiger partial charge on any atom is 0.338 e. The van der Waals surface area contributed by atoms with E-state index in [1.165, 1.54) is 0 Å². The summed E-state index contributed by atoms with van der Waals surface area (Å²) in [4.78, 5) is 18.6. The molecule has 0 bridgehead atoms. The molecule has 5 heteroatoms. The lowest BCUT2D eigenvalue weighted by molar-refractivity contribution is -0.158. The summed E-state index contributed by atoms with van der Waals surface area (Å²) >= 11 is 0. The summed E-state index contributed by atoms with van der Waals surface area (Å²) in [6.45, 7) is 0.470. The second-order valence-electron chi connectivity index (χ2n) is 6.81. The zero-order valence-corrected chi connectivity index (χ0v) is 15.7. The summed E-state index contributed by atoms with van der Waals surface area (Å²) < 4.78 is 5.81. The fourth-order valence-electron chi connectivity index (χ4n) is 3.50. The van der Waals surface area contributed by atoms with Gasteiger partial charge in [-0.25, -0.2) is 4.79 Å². The number of esters is 1. The molecule has 0 unspecified atom stereocenters. The zero-order valence-electron chi connectivity index (χ0n) is 15.7. The van der Waals surface area contributed by atoms with Crippen LogP contribution in [0.25, 0.3) is 0 Å². The first kappa shape index (κ1) is 18.9. The molecule has 1 fully saturated rings. The quantitative estimate of drug-likeness (QED) is 0.614. The molecule has 3 atom stereocenters. The lowest BCUT2D eigenvalue weighted by atomic mass is 9.98. The molecular weight excluding hydrogens is 364 g/mol. The standard InChI is InChI=1S/C24H20N2O3/c25-16-21-23(28-24(27)20-14-8-3-9-15-20)22(19-12-6-2-7-13-19)26(29-21)17-18-10-4-1-5-11-18/h1-15,21-23H,17H2/t21-,22-,23+/m0/s1. The van der Waals surface area contributed by atoms with Crippen LogP contribution in [0.1, 0.15) is 27.5 Å². The number of benzene rings is 3. The van der Waals surface area contributed by atoms with E-state index < -0.39 is 24.2 Å². The Bertz CT molecular complexity index is 987. The van der Waals surface area contributed by atoms with E-state index in [2.05, 4.69) is 6.07 Å². The highest BCUT2D eigenvalue weighted by atomic mass is 16.7. The van der Waals surface area contributed by atoms with Gasteiger partial charge in [-0.3, -0.25) is 4.84 Å². The van der Waals surface area contributed by atoms with Gasteiger partial charge in [0.1, 0.15) is 12.1 Å². The van der Waals surface area contributed by atoms with Crippen molar-refractivity contribution >= 4 is 5.97 Å². The number of hydrogen-bond donors (Lipinski definition) is 0. The fourth-order valence-corrected chi connectivity index (χ4v) is 3.50. The predicted octanol–water partition coefficient (Wildman–Crippen LogP) is 4.29. The number of nitriles is 1. The molecular formula is C24H20N2O3. The van der Waals surface area contributed by atoms with Gasteiger partial charge in [0.2, 0.25) is 6.10 Å². The molecule has 3 aromatic rings. The van der Waals surface area contributed by atoms with Gasteiger partial charge in [-0.15, -0.1) is 0 Å². The Morgan fingerprint density at radius 3 is 2.14 bits per heavy atom. The Labute approximate surface area is 169 Å². The molecule has 0 radical (unpaired) electrons. The molecule has 0 spiro atoms. The molecule has 1 aliphatic rings. The maximum absolute atomic E-state index is 12.7. The van der Waals surface area contributed by atoms with Crippen molar-refractivity contribution in [3.63, 3.8) is 0 Å². The molecule has 0 aromatic heterocycles. The molecule has 0 amide bonds. The molecule has 1 heterocycles. The van der Waals surface area contributed by atoms with Crippen LogP contribution in [0.2, 0.25) is 0 Å². The van der Waals surface area contributed by atoms with Crippen LogP contribution < -0.4 is 0 Å². The van der Waals surface area contributed by atoms with E-state index in [0.717, 1.165) is 11.1 Å². The fraction of sp³-hybridized carbons (Fsp3) is 0.167. The minimum absolute atomic E-state index is 0.395. The van der Waals surface area contributed by atoms with Gasteiger partial charge < -0.3 is 4.74 Å². The van der Waals surface area contributed by atoms with Crippen LogP contribution in [0, 0.1) is 11.3 Å². The van der Waals surface area contributed by atoms with Crippen LogP contribution >= 0.6 is 0 Å². The van der Waals surface area contributed by atoms with E-state index in [1.54, 1.807) is 29.3 Å². The van der Waals surface area contributed by atoms with Crippen LogP contribution in [0.15, 0.2) is 91.0 Å². The molecule has 3 aromatic carbocycles. The molecule has 29 heavy (non-hydrogen) atoms. The second-order valence-corrected chi connectivity index (χ2v) is 6.81. The number of carbonyl (C=O) groups excluding carboxylic acids is 1. The van der Waals surface area contributed by atoms with E-state index in [9.17, 15) is 10.1 Å². The third-order valence-corrected chi connectivity index (χ3v) is 4.87. The third-order valence-electron chi connectivity index (χ3n) is 4.87. The lowest BCUT2D eigenvalue weighted by Gasteiger charge is -2.25. The van der Waals surface area contributed by atoms with Crippen LogP contribution in [0.3, 0.4) is 0 Å². The Morgan fingerprint density at radius 2 is 1.52 bits per heavy atom. The molecule has 0 saturated carbocycles. The first-order valence-corrected chi connectivity index (χ1v) is 9.44. The van der Waals surface area contributed by atoms with Gasteiger partial charge in [0.25, 0.3) is 0 Å². The van der Waals surface area contributed by atoms with E-state index >= 15 is 0 Å². The monoisotopic (exact) mass is 384 g/mol. The van der Waals surface area contributed by atoms with Crippen molar-refractivity contribution in [1.29, 1.82) is 5.26 Å².